The minimum Gasteiger partial charge on any atom is -0.457 e. The summed E-state index contributed by atoms with van der Waals surface area (Å²) < 4.78 is 18.6. The first-order chi connectivity index (χ1) is 23.2. The van der Waals surface area contributed by atoms with Crippen LogP contribution < -0.4 is 9.47 Å². The Morgan fingerprint density at radius 2 is 0.702 bits per heavy atom. The highest BCUT2D eigenvalue weighted by Crippen LogP contribution is 2.37. The van der Waals surface area contributed by atoms with Gasteiger partial charge in [0.25, 0.3) is 0 Å². The van der Waals surface area contributed by atoms with Crippen LogP contribution in [0.2, 0.25) is 0 Å². The minimum absolute atomic E-state index is 0.713. The number of nitrogens with zero attached hydrogens (tertiary/aromatic N) is 2. The maximum atomic E-state index is 6.48. The van der Waals surface area contributed by atoms with E-state index in [-0.39, 0.29) is 0 Å². The monoisotopic (exact) mass is 718 g/mol. The zero-order valence-corrected chi connectivity index (χ0v) is 27.3. The van der Waals surface area contributed by atoms with Crippen molar-refractivity contribution in [2.24, 2.45) is 0 Å². The van der Waals surface area contributed by atoms with E-state index in [2.05, 4.69) is 153 Å². The summed E-state index contributed by atoms with van der Waals surface area (Å²) in [5.74, 6) is 2.94. The van der Waals surface area contributed by atoms with Crippen LogP contribution in [0.5, 0.6) is 23.0 Å². The average Bonchev–Trinajstić information content (AvgIpc) is 3.62. The maximum Gasteiger partial charge on any atom is 0.132 e. The molecular weight excluding hydrogens is 691 g/mol. The molecule has 0 bridgehead atoms. The van der Waals surface area contributed by atoms with Gasteiger partial charge in [-0.15, -0.1) is 0 Å². The van der Waals surface area contributed by atoms with Gasteiger partial charge in [-0.2, -0.15) is 0 Å². The number of aromatic nitrogens is 2. The number of halogens is 1. The first-order valence-corrected chi connectivity index (χ1v) is 16.6. The molecular formula is C42H27IN2O2. The highest BCUT2D eigenvalue weighted by Gasteiger charge is 2.14. The number of hydrogen-bond donors (Lipinski definition) is 0. The van der Waals surface area contributed by atoms with E-state index in [0.717, 1.165) is 26.4 Å². The number of hydrogen-bond acceptors (Lipinski definition) is 2. The van der Waals surface area contributed by atoms with Crippen LogP contribution in [0.1, 0.15) is 0 Å². The van der Waals surface area contributed by atoms with Crippen LogP contribution in [-0.2, 0) is 0 Å². The lowest BCUT2D eigenvalue weighted by Crippen LogP contribution is -1.95. The predicted molar refractivity (Wildman–Crippen MR) is 201 cm³/mol. The fraction of sp³-hybridized carbons (Fsp3) is 0. The molecule has 0 unspecified atom stereocenters. The molecule has 5 heteroatoms. The van der Waals surface area contributed by atoms with Crippen LogP contribution in [0.3, 0.4) is 0 Å². The molecule has 0 fully saturated rings. The fourth-order valence-electron chi connectivity index (χ4n) is 6.70. The normalized spacial score (nSPS) is 11.5. The summed E-state index contributed by atoms with van der Waals surface area (Å²) >= 11 is 2.32. The number of benzene rings is 7. The molecule has 4 nitrogen and oxygen atoms in total. The number of fused-ring (bicyclic) bond motifs is 6. The molecule has 0 N–H and O–H groups in total. The zero-order chi connectivity index (χ0) is 31.3. The van der Waals surface area contributed by atoms with E-state index in [4.69, 9.17) is 9.47 Å². The Balaban J connectivity index is 1.04. The minimum atomic E-state index is 0.713. The van der Waals surface area contributed by atoms with E-state index in [1.54, 1.807) is 0 Å². The average molecular weight is 719 g/mol. The molecule has 0 radical (unpaired) electrons. The zero-order valence-electron chi connectivity index (χ0n) is 25.2. The number of ether oxygens (including phenoxy) is 2. The van der Waals surface area contributed by atoms with Crippen LogP contribution in [0.15, 0.2) is 164 Å². The molecule has 2 heterocycles. The summed E-state index contributed by atoms with van der Waals surface area (Å²) in [6.45, 7) is 0. The third-order valence-corrected chi connectivity index (χ3v) is 9.25. The van der Waals surface area contributed by atoms with E-state index in [1.807, 2.05) is 42.5 Å². The van der Waals surface area contributed by atoms with Gasteiger partial charge >= 0.3 is 0 Å². The molecule has 0 saturated heterocycles. The van der Waals surface area contributed by atoms with E-state index in [9.17, 15) is 0 Å². The van der Waals surface area contributed by atoms with E-state index < -0.39 is 0 Å². The van der Waals surface area contributed by atoms with Gasteiger partial charge in [-0.05, 0) is 83.3 Å². The van der Waals surface area contributed by atoms with Gasteiger partial charge < -0.3 is 18.6 Å². The van der Waals surface area contributed by atoms with E-state index in [0.29, 0.717) is 11.5 Å². The molecule has 9 rings (SSSR count). The largest absolute Gasteiger partial charge is 0.457 e. The van der Waals surface area contributed by atoms with E-state index >= 15 is 0 Å². The van der Waals surface area contributed by atoms with Crippen LogP contribution >= 0.6 is 22.6 Å². The van der Waals surface area contributed by atoms with Crippen molar-refractivity contribution in [2.75, 3.05) is 0 Å². The molecule has 2 aromatic heterocycles. The lowest BCUT2D eigenvalue weighted by Gasteiger charge is -2.13. The van der Waals surface area contributed by atoms with Crippen LogP contribution in [0.4, 0.5) is 0 Å². The molecule has 224 valence electrons. The Hall–Kier alpha value is -5.53. The Morgan fingerprint density at radius 1 is 0.340 bits per heavy atom. The Morgan fingerprint density at radius 3 is 1.09 bits per heavy atom. The van der Waals surface area contributed by atoms with Crippen molar-refractivity contribution in [1.82, 2.24) is 9.13 Å². The summed E-state index contributed by atoms with van der Waals surface area (Å²) in [7, 11) is 0. The van der Waals surface area contributed by atoms with Gasteiger partial charge in [0.1, 0.15) is 23.0 Å². The second-order valence-electron chi connectivity index (χ2n) is 11.6. The summed E-state index contributed by atoms with van der Waals surface area (Å²) in [6.07, 6.45) is 0. The molecule has 47 heavy (non-hydrogen) atoms. The highest BCUT2D eigenvalue weighted by atomic mass is 127. The summed E-state index contributed by atoms with van der Waals surface area (Å²) in [4.78, 5) is 0. The van der Waals surface area contributed by atoms with E-state index in [1.165, 1.54) is 43.6 Å². The third kappa shape index (κ3) is 4.91. The number of para-hydroxylation sites is 4. The second kappa shape index (κ2) is 11.4. The first kappa shape index (κ1) is 27.8. The third-order valence-electron chi connectivity index (χ3n) is 8.63. The molecule has 0 atom stereocenters. The Bertz CT molecular complexity index is 2330. The molecule has 0 aliphatic heterocycles. The predicted octanol–water partition coefficient (Wildman–Crippen LogP) is 12.1. The Labute approximate surface area is 285 Å². The quantitative estimate of drug-likeness (QED) is 0.160. The topological polar surface area (TPSA) is 28.3 Å². The van der Waals surface area contributed by atoms with Crippen LogP contribution in [-0.4, -0.2) is 9.13 Å². The van der Waals surface area contributed by atoms with Gasteiger partial charge in [0.05, 0.1) is 22.1 Å². The lowest BCUT2D eigenvalue weighted by molar-refractivity contribution is 0.459. The summed E-state index contributed by atoms with van der Waals surface area (Å²) in [6, 6.07) is 56.6. The van der Waals surface area contributed by atoms with Crippen molar-refractivity contribution in [1.29, 1.82) is 0 Å². The van der Waals surface area contributed by atoms with Crippen molar-refractivity contribution >= 4 is 66.2 Å². The lowest BCUT2D eigenvalue weighted by atomic mass is 10.2. The molecule has 0 amide bonds. The van der Waals surface area contributed by atoms with Gasteiger partial charge in [-0.3, -0.25) is 0 Å². The maximum absolute atomic E-state index is 6.48. The highest BCUT2D eigenvalue weighted by molar-refractivity contribution is 14.1. The van der Waals surface area contributed by atoms with Crippen molar-refractivity contribution in [3.8, 4) is 34.4 Å². The van der Waals surface area contributed by atoms with Crippen molar-refractivity contribution < 1.29 is 9.47 Å². The van der Waals surface area contributed by atoms with Crippen molar-refractivity contribution in [3.05, 3.63) is 167 Å². The van der Waals surface area contributed by atoms with Crippen molar-refractivity contribution in [2.45, 2.75) is 0 Å². The van der Waals surface area contributed by atoms with Crippen molar-refractivity contribution in [3.63, 3.8) is 0 Å². The molecule has 7 aromatic carbocycles. The summed E-state index contributed by atoms with van der Waals surface area (Å²) in [5.41, 5.74) is 6.75. The van der Waals surface area contributed by atoms with Gasteiger partial charge in [0.15, 0.2) is 0 Å². The van der Waals surface area contributed by atoms with Gasteiger partial charge in [0, 0.05) is 54.7 Å². The molecule has 0 saturated carbocycles. The number of rotatable bonds is 6. The van der Waals surface area contributed by atoms with Crippen LogP contribution in [0, 0.1) is 3.57 Å². The summed E-state index contributed by atoms with van der Waals surface area (Å²) in [5, 5.41) is 4.93. The first-order valence-electron chi connectivity index (χ1n) is 15.5. The molecule has 0 aliphatic rings. The van der Waals surface area contributed by atoms with Crippen LogP contribution in [0.25, 0.3) is 55.0 Å². The fourth-order valence-corrected chi connectivity index (χ4v) is 7.31. The smallest absolute Gasteiger partial charge is 0.132 e. The standard InChI is InChI=1S/C42H27IN2O2/c43-28-23-33(46-31-13-9-11-29(25-31)44-39-19-5-1-15-35(39)36-16-2-6-20-40(36)44)27-34(24-28)47-32-14-10-12-30(26-32)45-41-21-7-3-17-37(41)38-18-4-8-22-42(38)45/h1-27H. The Kier molecular flexibility index (Phi) is 6.71. The second-order valence-corrected chi connectivity index (χ2v) is 12.8. The van der Waals surface area contributed by atoms with Gasteiger partial charge in [-0.1, -0.05) is 84.9 Å². The molecule has 0 aliphatic carbocycles. The molecule has 9 aromatic rings. The van der Waals surface area contributed by atoms with Gasteiger partial charge in [-0.25, -0.2) is 0 Å². The molecule has 0 spiro atoms. The van der Waals surface area contributed by atoms with Gasteiger partial charge in [0.2, 0.25) is 0 Å². The SMILES string of the molecule is Ic1cc(Oc2cccc(-n3c4ccccc4c4ccccc43)c2)cc(Oc2cccc(-n3c4ccccc4c4ccccc43)c2)c1.